The van der Waals surface area contributed by atoms with E-state index in [2.05, 4.69) is 18.7 Å². The van der Waals surface area contributed by atoms with Crippen molar-refractivity contribution >= 4 is 0 Å². The van der Waals surface area contributed by atoms with Crippen LogP contribution in [0.4, 0.5) is 0 Å². The molecule has 0 rings (SSSR count). The van der Waals surface area contributed by atoms with Crippen LogP contribution in [0, 0.1) is 5.41 Å². The van der Waals surface area contributed by atoms with Crippen molar-refractivity contribution in [3.63, 3.8) is 0 Å². The van der Waals surface area contributed by atoms with Gasteiger partial charge in [-0.05, 0) is 24.8 Å². The number of hydrogen-bond donors (Lipinski definition) is 1. The molecule has 0 aromatic carbocycles. The summed E-state index contributed by atoms with van der Waals surface area (Å²) in [4.78, 5) is 2.44. The predicted octanol–water partition coefficient (Wildman–Crippen LogP) is 1.35. The minimum absolute atomic E-state index is 0.273. The molecule has 0 aliphatic heterocycles. The highest BCUT2D eigenvalue weighted by atomic mass is 16.5. The van der Waals surface area contributed by atoms with E-state index in [1.165, 1.54) is 0 Å². The highest BCUT2D eigenvalue weighted by Gasteiger charge is 2.20. The molecule has 0 bridgehead atoms. The lowest BCUT2D eigenvalue weighted by Crippen LogP contribution is -2.38. The Labute approximate surface area is 106 Å². The van der Waals surface area contributed by atoms with Gasteiger partial charge in [0, 0.05) is 40.5 Å². The standard InChI is InChI=1S/C13H30N2O2/c1-13(2,6-7-14)12-15(9-11-17-4)8-5-10-16-3/h5-12,14H2,1-4H3. The quantitative estimate of drug-likeness (QED) is 0.559. The second kappa shape index (κ2) is 9.83. The van der Waals surface area contributed by atoms with Crippen LogP contribution in [0.15, 0.2) is 0 Å². The second-order valence-electron chi connectivity index (χ2n) is 5.32. The Hall–Kier alpha value is -0.160. The van der Waals surface area contributed by atoms with Crippen LogP contribution in [0.5, 0.6) is 0 Å². The molecule has 4 nitrogen and oxygen atoms in total. The molecule has 0 aromatic heterocycles. The van der Waals surface area contributed by atoms with E-state index in [9.17, 15) is 0 Å². The summed E-state index contributed by atoms with van der Waals surface area (Å²) < 4.78 is 10.3. The summed E-state index contributed by atoms with van der Waals surface area (Å²) in [6.07, 6.45) is 2.12. The summed E-state index contributed by atoms with van der Waals surface area (Å²) in [6.45, 7) is 10.0. The third kappa shape index (κ3) is 9.53. The Morgan fingerprint density at radius 1 is 1.06 bits per heavy atom. The zero-order valence-corrected chi connectivity index (χ0v) is 12.0. The van der Waals surface area contributed by atoms with Crippen molar-refractivity contribution in [2.24, 2.45) is 11.1 Å². The van der Waals surface area contributed by atoms with Gasteiger partial charge in [0.15, 0.2) is 0 Å². The average molecular weight is 246 g/mol. The van der Waals surface area contributed by atoms with Crippen molar-refractivity contribution in [2.45, 2.75) is 26.7 Å². The van der Waals surface area contributed by atoms with E-state index in [0.29, 0.717) is 0 Å². The molecule has 0 unspecified atom stereocenters. The SMILES string of the molecule is COCCCN(CCOC)CC(C)(C)CCN. The first-order valence-electron chi connectivity index (χ1n) is 6.46. The van der Waals surface area contributed by atoms with Gasteiger partial charge in [-0.1, -0.05) is 13.8 Å². The molecule has 0 saturated carbocycles. The monoisotopic (exact) mass is 246 g/mol. The molecule has 104 valence electrons. The van der Waals surface area contributed by atoms with E-state index in [1.54, 1.807) is 14.2 Å². The van der Waals surface area contributed by atoms with Crippen LogP contribution in [0.3, 0.4) is 0 Å². The molecule has 0 aliphatic carbocycles. The second-order valence-corrected chi connectivity index (χ2v) is 5.32. The van der Waals surface area contributed by atoms with Gasteiger partial charge in [-0.3, -0.25) is 0 Å². The molecule has 0 spiro atoms. The summed E-state index contributed by atoms with van der Waals surface area (Å²) in [5, 5.41) is 0. The minimum atomic E-state index is 0.273. The molecule has 0 radical (unpaired) electrons. The van der Waals surface area contributed by atoms with Crippen molar-refractivity contribution in [3.05, 3.63) is 0 Å². The van der Waals surface area contributed by atoms with Gasteiger partial charge in [-0.25, -0.2) is 0 Å². The van der Waals surface area contributed by atoms with E-state index in [0.717, 1.165) is 52.2 Å². The normalized spacial score (nSPS) is 12.4. The summed E-state index contributed by atoms with van der Waals surface area (Å²) >= 11 is 0. The number of rotatable bonds is 11. The van der Waals surface area contributed by atoms with Gasteiger partial charge in [0.05, 0.1) is 6.61 Å². The van der Waals surface area contributed by atoms with Gasteiger partial charge in [0.1, 0.15) is 0 Å². The Balaban J connectivity index is 4.06. The molecule has 0 heterocycles. The van der Waals surface area contributed by atoms with Gasteiger partial charge >= 0.3 is 0 Å². The Morgan fingerprint density at radius 3 is 2.24 bits per heavy atom. The van der Waals surface area contributed by atoms with E-state index >= 15 is 0 Å². The summed E-state index contributed by atoms with van der Waals surface area (Å²) in [7, 11) is 3.50. The Kier molecular flexibility index (Phi) is 9.74. The van der Waals surface area contributed by atoms with Crippen LogP contribution in [0.1, 0.15) is 26.7 Å². The molecule has 0 fully saturated rings. The molecular formula is C13H30N2O2. The molecule has 0 aliphatic rings. The van der Waals surface area contributed by atoms with Crippen LogP contribution >= 0.6 is 0 Å². The zero-order chi connectivity index (χ0) is 13.1. The molecule has 2 N–H and O–H groups in total. The lowest BCUT2D eigenvalue weighted by atomic mass is 9.88. The van der Waals surface area contributed by atoms with Crippen LogP contribution in [-0.2, 0) is 9.47 Å². The molecule has 0 atom stereocenters. The largest absolute Gasteiger partial charge is 0.385 e. The number of nitrogens with two attached hydrogens (primary N) is 1. The smallest absolute Gasteiger partial charge is 0.0589 e. The first-order chi connectivity index (χ1) is 8.05. The first-order valence-corrected chi connectivity index (χ1v) is 6.46. The summed E-state index contributed by atoms with van der Waals surface area (Å²) in [5.74, 6) is 0. The van der Waals surface area contributed by atoms with Crippen molar-refractivity contribution in [1.29, 1.82) is 0 Å². The Morgan fingerprint density at radius 2 is 1.71 bits per heavy atom. The van der Waals surface area contributed by atoms with Crippen molar-refractivity contribution in [1.82, 2.24) is 4.90 Å². The van der Waals surface area contributed by atoms with Gasteiger partial charge in [0.25, 0.3) is 0 Å². The maximum Gasteiger partial charge on any atom is 0.0589 e. The van der Waals surface area contributed by atoms with Crippen molar-refractivity contribution in [2.75, 3.05) is 53.6 Å². The van der Waals surface area contributed by atoms with E-state index in [4.69, 9.17) is 15.2 Å². The van der Waals surface area contributed by atoms with Crippen molar-refractivity contribution < 1.29 is 9.47 Å². The zero-order valence-electron chi connectivity index (χ0n) is 12.0. The first kappa shape index (κ1) is 16.8. The minimum Gasteiger partial charge on any atom is -0.385 e. The third-order valence-corrected chi connectivity index (χ3v) is 2.91. The number of nitrogens with zero attached hydrogens (tertiary/aromatic N) is 1. The maximum atomic E-state index is 5.65. The fraction of sp³-hybridized carbons (Fsp3) is 1.00. The van der Waals surface area contributed by atoms with Gasteiger partial charge < -0.3 is 20.1 Å². The van der Waals surface area contributed by atoms with Gasteiger partial charge in [-0.2, -0.15) is 0 Å². The number of methoxy groups -OCH3 is 2. The topological polar surface area (TPSA) is 47.7 Å². The maximum absolute atomic E-state index is 5.65. The molecule has 0 aromatic rings. The summed E-state index contributed by atoms with van der Waals surface area (Å²) in [6, 6.07) is 0. The lowest BCUT2D eigenvalue weighted by Gasteiger charge is -2.32. The van der Waals surface area contributed by atoms with Crippen molar-refractivity contribution in [3.8, 4) is 0 Å². The van der Waals surface area contributed by atoms with E-state index in [1.807, 2.05) is 0 Å². The highest BCUT2D eigenvalue weighted by molar-refractivity contribution is 4.74. The van der Waals surface area contributed by atoms with E-state index < -0.39 is 0 Å². The Bertz CT molecular complexity index is 175. The third-order valence-electron chi connectivity index (χ3n) is 2.91. The molecule has 0 saturated heterocycles. The van der Waals surface area contributed by atoms with Crippen LogP contribution < -0.4 is 5.73 Å². The fourth-order valence-corrected chi connectivity index (χ4v) is 2.00. The molecule has 0 amide bonds. The number of hydrogen-bond acceptors (Lipinski definition) is 4. The predicted molar refractivity (Wildman–Crippen MR) is 72.3 cm³/mol. The summed E-state index contributed by atoms with van der Waals surface area (Å²) in [5.41, 5.74) is 5.92. The highest BCUT2D eigenvalue weighted by Crippen LogP contribution is 2.21. The van der Waals surface area contributed by atoms with Gasteiger partial charge in [-0.15, -0.1) is 0 Å². The number of ether oxygens (including phenoxy) is 2. The van der Waals surface area contributed by atoms with Crippen LogP contribution in [-0.4, -0.2) is 58.5 Å². The molecule has 4 heteroatoms. The van der Waals surface area contributed by atoms with Crippen LogP contribution in [0.2, 0.25) is 0 Å². The van der Waals surface area contributed by atoms with Crippen LogP contribution in [0.25, 0.3) is 0 Å². The molecular weight excluding hydrogens is 216 g/mol. The van der Waals surface area contributed by atoms with Gasteiger partial charge in [0.2, 0.25) is 0 Å². The molecule has 17 heavy (non-hydrogen) atoms. The van der Waals surface area contributed by atoms with E-state index in [-0.39, 0.29) is 5.41 Å². The fourth-order valence-electron chi connectivity index (χ4n) is 2.00. The lowest BCUT2D eigenvalue weighted by molar-refractivity contribution is 0.104. The average Bonchev–Trinajstić information content (AvgIpc) is 2.25.